The maximum atomic E-state index is 12.5. The number of carbonyl (C=O) groups is 1. The lowest BCUT2D eigenvalue weighted by Crippen LogP contribution is -2.02. The Hall–Kier alpha value is -2.58. The molecule has 2 aromatic rings. The number of ether oxygens (including phenoxy) is 2. The third-order valence-electron chi connectivity index (χ3n) is 3.19. The van der Waals surface area contributed by atoms with Crippen LogP contribution in [0.5, 0.6) is 11.5 Å². The Morgan fingerprint density at radius 1 is 1.17 bits per heavy atom. The molecular formula is C18H14BrNO3. The quantitative estimate of drug-likeness (QED) is 0.447. The molecule has 4 nitrogen and oxygen atoms in total. The first kappa shape index (κ1) is 16.8. The molecule has 0 fully saturated rings. The van der Waals surface area contributed by atoms with E-state index in [-0.39, 0.29) is 11.4 Å². The number of nitrogens with zero attached hydrogens (tertiary/aromatic N) is 1. The van der Waals surface area contributed by atoms with Crippen LogP contribution < -0.4 is 9.47 Å². The number of hydrogen-bond donors (Lipinski definition) is 0. The Morgan fingerprint density at radius 3 is 2.61 bits per heavy atom. The van der Waals surface area contributed by atoms with Crippen molar-refractivity contribution in [2.45, 2.75) is 0 Å². The van der Waals surface area contributed by atoms with Crippen LogP contribution in [0.25, 0.3) is 6.08 Å². The second kappa shape index (κ2) is 7.61. The van der Waals surface area contributed by atoms with Gasteiger partial charge in [0.05, 0.1) is 14.2 Å². The van der Waals surface area contributed by atoms with Gasteiger partial charge in [-0.1, -0.05) is 28.1 Å². The molecule has 0 aromatic heterocycles. The Labute approximate surface area is 143 Å². The van der Waals surface area contributed by atoms with Crippen molar-refractivity contribution in [1.82, 2.24) is 0 Å². The molecule has 0 bridgehead atoms. The molecule has 0 amide bonds. The van der Waals surface area contributed by atoms with E-state index in [1.807, 2.05) is 12.1 Å². The van der Waals surface area contributed by atoms with Gasteiger partial charge in [0, 0.05) is 15.6 Å². The second-order valence-corrected chi connectivity index (χ2v) is 5.53. The molecule has 23 heavy (non-hydrogen) atoms. The van der Waals surface area contributed by atoms with Crippen molar-refractivity contribution in [2.75, 3.05) is 14.2 Å². The lowest BCUT2D eigenvalue weighted by Gasteiger charge is -2.07. The molecule has 0 spiro atoms. The molecular weight excluding hydrogens is 358 g/mol. The van der Waals surface area contributed by atoms with E-state index in [4.69, 9.17) is 9.47 Å². The van der Waals surface area contributed by atoms with Gasteiger partial charge >= 0.3 is 0 Å². The molecule has 2 rings (SSSR count). The molecule has 0 atom stereocenters. The van der Waals surface area contributed by atoms with E-state index < -0.39 is 0 Å². The monoisotopic (exact) mass is 371 g/mol. The minimum atomic E-state index is -0.367. The SMILES string of the molecule is COc1cccc(C(=O)C(C#N)=Cc2cc(Br)ccc2OC)c1. The Balaban J connectivity index is 2.45. The van der Waals surface area contributed by atoms with Crippen molar-refractivity contribution in [1.29, 1.82) is 5.26 Å². The maximum absolute atomic E-state index is 12.5. The summed E-state index contributed by atoms with van der Waals surface area (Å²) in [5.74, 6) is 0.779. The molecule has 5 heteroatoms. The zero-order valence-electron chi connectivity index (χ0n) is 12.7. The fourth-order valence-corrected chi connectivity index (χ4v) is 2.42. The summed E-state index contributed by atoms with van der Waals surface area (Å²) in [5, 5.41) is 9.36. The number of ketones is 1. The normalized spacial score (nSPS) is 10.8. The summed E-state index contributed by atoms with van der Waals surface area (Å²) in [5.41, 5.74) is 1.07. The van der Waals surface area contributed by atoms with E-state index in [2.05, 4.69) is 15.9 Å². The van der Waals surface area contributed by atoms with Crippen LogP contribution >= 0.6 is 15.9 Å². The molecule has 0 saturated carbocycles. The predicted molar refractivity (Wildman–Crippen MR) is 91.6 cm³/mol. The van der Waals surface area contributed by atoms with Gasteiger partial charge in [-0.3, -0.25) is 4.79 Å². The summed E-state index contributed by atoms with van der Waals surface area (Å²) < 4.78 is 11.2. The van der Waals surface area contributed by atoms with Gasteiger partial charge in [0.25, 0.3) is 0 Å². The number of benzene rings is 2. The summed E-state index contributed by atoms with van der Waals surface area (Å²) in [6.45, 7) is 0. The van der Waals surface area contributed by atoms with E-state index in [0.717, 1.165) is 4.47 Å². The largest absolute Gasteiger partial charge is 0.497 e. The first-order chi connectivity index (χ1) is 11.1. The van der Waals surface area contributed by atoms with Crippen LogP contribution in [0.3, 0.4) is 0 Å². The van der Waals surface area contributed by atoms with Gasteiger partial charge in [-0.15, -0.1) is 0 Å². The molecule has 0 radical (unpaired) electrons. The van der Waals surface area contributed by atoms with Crippen molar-refractivity contribution < 1.29 is 14.3 Å². The Morgan fingerprint density at radius 2 is 1.96 bits per heavy atom. The van der Waals surface area contributed by atoms with Gasteiger partial charge in [0.15, 0.2) is 0 Å². The van der Waals surface area contributed by atoms with Crippen molar-refractivity contribution in [3.05, 3.63) is 63.6 Å². The molecule has 116 valence electrons. The lowest BCUT2D eigenvalue weighted by atomic mass is 10.0. The summed E-state index contributed by atoms with van der Waals surface area (Å²) in [6, 6.07) is 14.0. The number of rotatable bonds is 5. The summed E-state index contributed by atoms with van der Waals surface area (Å²) in [6.07, 6.45) is 1.52. The number of carbonyl (C=O) groups excluding carboxylic acids is 1. The van der Waals surface area contributed by atoms with Crippen LogP contribution in [0.4, 0.5) is 0 Å². The maximum Gasteiger partial charge on any atom is 0.203 e. The molecule has 2 aromatic carbocycles. The van der Waals surface area contributed by atoms with E-state index in [9.17, 15) is 10.1 Å². The minimum Gasteiger partial charge on any atom is -0.497 e. The highest BCUT2D eigenvalue weighted by Gasteiger charge is 2.14. The highest BCUT2D eigenvalue weighted by molar-refractivity contribution is 9.10. The van der Waals surface area contributed by atoms with Crippen LogP contribution in [0, 0.1) is 11.3 Å². The third-order valence-corrected chi connectivity index (χ3v) is 3.68. The van der Waals surface area contributed by atoms with Gasteiger partial charge in [-0.2, -0.15) is 5.26 Å². The topological polar surface area (TPSA) is 59.3 Å². The summed E-state index contributed by atoms with van der Waals surface area (Å²) in [7, 11) is 3.06. The first-order valence-electron chi connectivity index (χ1n) is 6.73. The number of allylic oxidation sites excluding steroid dienone is 1. The van der Waals surface area contributed by atoms with Gasteiger partial charge in [-0.25, -0.2) is 0 Å². The number of hydrogen-bond acceptors (Lipinski definition) is 4. The fraction of sp³-hybridized carbons (Fsp3) is 0.111. The number of halogens is 1. The van der Waals surface area contributed by atoms with Crippen molar-refractivity contribution >= 4 is 27.8 Å². The van der Waals surface area contributed by atoms with Crippen LogP contribution in [0.2, 0.25) is 0 Å². The highest BCUT2D eigenvalue weighted by Crippen LogP contribution is 2.26. The van der Waals surface area contributed by atoms with Crippen molar-refractivity contribution in [3.63, 3.8) is 0 Å². The third kappa shape index (κ3) is 3.99. The average Bonchev–Trinajstić information content (AvgIpc) is 2.59. The number of methoxy groups -OCH3 is 2. The van der Waals surface area contributed by atoms with Gasteiger partial charge in [-0.05, 0) is 36.4 Å². The van der Waals surface area contributed by atoms with Crippen molar-refractivity contribution in [2.24, 2.45) is 0 Å². The highest BCUT2D eigenvalue weighted by atomic mass is 79.9. The van der Waals surface area contributed by atoms with E-state index in [1.165, 1.54) is 20.3 Å². The molecule has 0 aliphatic carbocycles. The molecule has 0 heterocycles. The molecule has 0 saturated heterocycles. The van der Waals surface area contributed by atoms with Crippen molar-refractivity contribution in [3.8, 4) is 17.6 Å². The lowest BCUT2D eigenvalue weighted by molar-refractivity contribution is 0.103. The van der Waals surface area contributed by atoms with E-state index in [1.54, 1.807) is 36.4 Å². The number of Topliss-reactive ketones (excluding diaryl/α,β-unsaturated/α-hetero) is 1. The van der Waals surface area contributed by atoms with Crippen LogP contribution in [0.1, 0.15) is 15.9 Å². The van der Waals surface area contributed by atoms with E-state index >= 15 is 0 Å². The van der Waals surface area contributed by atoms with Crippen LogP contribution in [-0.4, -0.2) is 20.0 Å². The molecule has 0 unspecified atom stereocenters. The fourth-order valence-electron chi connectivity index (χ4n) is 2.04. The minimum absolute atomic E-state index is 0.0228. The van der Waals surface area contributed by atoms with Gasteiger partial charge in [0.1, 0.15) is 23.1 Å². The smallest absolute Gasteiger partial charge is 0.203 e. The average molecular weight is 372 g/mol. The number of nitriles is 1. The first-order valence-corrected chi connectivity index (χ1v) is 7.52. The summed E-state index contributed by atoms with van der Waals surface area (Å²) in [4.78, 5) is 12.5. The zero-order valence-corrected chi connectivity index (χ0v) is 14.3. The molecule has 0 N–H and O–H groups in total. The van der Waals surface area contributed by atoms with Gasteiger partial charge in [0.2, 0.25) is 5.78 Å². The zero-order chi connectivity index (χ0) is 16.8. The Kier molecular flexibility index (Phi) is 5.56. The van der Waals surface area contributed by atoms with Crippen LogP contribution in [0.15, 0.2) is 52.5 Å². The van der Waals surface area contributed by atoms with Gasteiger partial charge < -0.3 is 9.47 Å². The Bertz CT molecular complexity index is 806. The predicted octanol–water partition coefficient (Wildman–Crippen LogP) is 4.26. The molecule has 0 aliphatic rings. The standard InChI is InChI=1S/C18H14BrNO3/c1-22-16-5-3-4-12(10-16)18(21)14(11-20)8-13-9-15(19)6-7-17(13)23-2/h3-10H,1-2H3. The van der Waals surface area contributed by atoms with Crippen LogP contribution in [-0.2, 0) is 0 Å². The molecule has 0 aliphatic heterocycles. The van der Waals surface area contributed by atoms with E-state index in [0.29, 0.717) is 22.6 Å². The summed E-state index contributed by atoms with van der Waals surface area (Å²) >= 11 is 3.37. The second-order valence-electron chi connectivity index (χ2n) is 4.62.